The highest BCUT2D eigenvalue weighted by molar-refractivity contribution is 5.89. The summed E-state index contributed by atoms with van der Waals surface area (Å²) in [6.07, 6.45) is 3.01. The molecule has 0 saturated carbocycles. The first-order chi connectivity index (χ1) is 14.9. The van der Waals surface area contributed by atoms with E-state index in [0.29, 0.717) is 13.1 Å². The zero-order valence-corrected chi connectivity index (χ0v) is 17.1. The number of carboxylic acid groups (broad SMARTS) is 1. The third-order valence-corrected chi connectivity index (χ3v) is 5.30. The summed E-state index contributed by atoms with van der Waals surface area (Å²) in [4.78, 5) is 45.4. The normalized spacial score (nSPS) is 14.7. The van der Waals surface area contributed by atoms with Gasteiger partial charge in [0.1, 0.15) is 13.2 Å². The Morgan fingerprint density at radius 3 is 2.48 bits per heavy atom. The average Bonchev–Trinajstić information content (AvgIpc) is 3.17. The molecule has 0 atom stereocenters. The van der Waals surface area contributed by atoms with Crippen LogP contribution in [0.4, 0.5) is 0 Å². The van der Waals surface area contributed by atoms with Crippen LogP contribution >= 0.6 is 0 Å². The number of amides is 1. The van der Waals surface area contributed by atoms with Crippen LogP contribution in [0, 0.1) is 0 Å². The van der Waals surface area contributed by atoms with E-state index in [1.54, 1.807) is 11.1 Å². The SMILES string of the molecule is CN1CCN(C(=O)Cn2ccn3c(=O)c(OCc4ccccc4)c(C(=O)O)nc23)CC1. The Labute approximate surface area is 177 Å². The number of rotatable bonds is 6. The van der Waals surface area contributed by atoms with E-state index in [2.05, 4.69) is 9.88 Å². The lowest BCUT2D eigenvalue weighted by atomic mass is 10.2. The summed E-state index contributed by atoms with van der Waals surface area (Å²) in [6, 6.07) is 9.11. The molecule has 10 heteroatoms. The van der Waals surface area contributed by atoms with Gasteiger partial charge in [-0.2, -0.15) is 0 Å². The van der Waals surface area contributed by atoms with Gasteiger partial charge in [-0.3, -0.25) is 9.59 Å². The summed E-state index contributed by atoms with van der Waals surface area (Å²) in [5.41, 5.74) is -0.323. The van der Waals surface area contributed by atoms with Crippen molar-refractivity contribution in [3.8, 4) is 5.75 Å². The van der Waals surface area contributed by atoms with Crippen LogP contribution in [0.25, 0.3) is 5.78 Å². The van der Waals surface area contributed by atoms with Gasteiger partial charge in [0.15, 0.2) is 5.69 Å². The van der Waals surface area contributed by atoms with Gasteiger partial charge in [0, 0.05) is 38.6 Å². The second-order valence-corrected chi connectivity index (χ2v) is 7.45. The van der Waals surface area contributed by atoms with Crippen molar-refractivity contribution in [1.29, 1.82) is 0 Å². The van der Waals surface area contributed by atoms with E-state index >= 15 is 0 Å². The standard InChI is InChI=1S/C21H23N5O5/c1-23-7-9-24(10-8-23)16(27)13-25-11-12-26-19(28)18(17(20(29)30)22-21(25)26)31-14-15-5-3-2-4-6-15/h2-6,11-12H,7-10,13-14H2,1H3,(H,29,30). The maximum atomic E-state index is 12.9. The number of likely N-dealkylation sites (N-methyl/N-ethyl adjacent to an activating group) is 1. The van der Waals surface area contributed by atoms with Crippen LogP contribution in [0.2, 0.25) is 0 Å². The van der Waals surface area contributed by atoms with Crippen molar-refractivity contribution in [3.05, 3.63) is 64.3 Å². The molecule has 1 fully saturated rings. The molecular formula is C21H23N5O5. The van der Waals surface area contributed by atoms with Crippen molar-refractivity contribution in [2.75, 3.05) is 33.2 Å². The van der Waals surface area contributed by atoms with Crippen LogP contribution in [0.1, 0.15) is 16.1 Å². The topological polar surface area (TPSA) is 109 Å². The van der Waals surface area contributed by atoms with E-state index < -0.39 is 17.2 Å². The second-order valence-electron chi connectivity index (χ2n) is 7.45. The Balaban J connectivity index is 1.62. The Kier molecular flexibility index (Phi) is 5.72. The first-order valence-electron chi connectivity index (χ1n) is 9.92. The highest BCUT2D eigenvalue weighted by atomic mass is 16.5. The molecule has 1 aromatic carbocycles. The van der Waals surface area contributed by atoms with Crippen LogP contribution in [-0.4, -0.2) is 74.0 Å². The molecular weight excluding hydrogens is 402 g/mol. The number of fused-ring (bicyclic) bond motifs is 1. The van der Waals surface area contributed by atoms with Crippen molar-refractivity contribution in [1.82, 2.24) is 23.8 Å². The molecule has 4 rings (SSSR count). The number of carboxylic acids is 1. The predicted octanol–water partition coefficient (Wildman–Crippen LogP) is 0.547. The number of carbonyl (C=O) groups excluding carboxylic acids is 1. The molecule has 10 nitrogen and oxygen atoms in total. The monoisotopic (exact) mass is 425 g/mol. The molecule has 0 aliphatic carbocycles. The minimum atomic E-state index is -1.37. The first-order valence-corrected chi connectivity index (χ1v) is 9.92. The van der Waals surface area contributed by atoms with Crippen LogP contribution in [0.15, 0.2) is 47.5 Å². The molecule has 0 radical (unpaired) electrons. The van der Waals surface area contributed by atoms with E-state index in [-0.39, 0.29) is 30.6 Å². The molecule has 1 aliphatic heterocycles. The Bertz CT molecular complexity index is 1160. The van der Waals surface area contributed by atoms with Crippen molar-refractivity contribution in [2.24, 2.45) is 0 Å². The van der Waals surface area contributed by atoms with Crippen LogP contribution in [0.5, 0.6) is 5.75 Å². The third-order valence-electron chi connectivity index (χ3n) is 5.30. The van der Waals surface area contributed by atoms with Gasteiger partial charge < -0.3 is 24.2 Å². The van der Waals surface area contributed by atoms with Gasteiger partial charge in [-0.05, 0) is 12.6 Å². The fraction of sp³-hybridized carbons (Fsp3) is 0.333. The van der Waals surface area contributed by atoms with Gasteiger partial charge in [-0.25, -0.2) is 14.2 Å². The van der Waals surface area contributed by atoms with E-state index in [1.807, 2.05) is 37.4 Å². The average molecular weight is 425 g/mol. The summed E-state index contributed by atoms with van der Waals surface area (Å²) in [7, 11) is 2.00. The number of imidazole rings is 1. The number of nitrogens with zero attached hydrogens (tertiary/aromatic N) is 5. The van der Waals surface area contributed by atoms with Gasteiger partial charge in [-0.15, -0.1) is 0 Å². The first kappa shape index (κ1) is 20.6. The van der Waals surface area contributed by atoms with Gasteiger partial charge >= 0.3 is 11.5 Å². The maximum absolute atomic E-state index is 12.9. The number of ether oxygens (including phenoxy) is 1. The van der Waals surface area contributed by atoms with Gasteiger partial charge in [0.2, 0.25) is 17.4 Å². The minimum Gasteiger partial charge on any atom is -0.481 e. The second kappa shape index (κ2) is 8.60. The van der Waals surface area contributed by atoms with Crippen molar-refractivity contribution in [3.63, 3.8) is 0 Å². The lowest BCUT2D eigenvalue weighted by Gasteiger charge is -2.32. The molecule has 1 N–H and O–H groups in total. The van der Waals surface area contributed by atoms with Crippen LogP contribution in [-0.2, 0) is 17.9 Å². The van der Waals surface area contributed by atoms with E-state index in [9.17, 15) is 19.5 Å². The van der Waals surface area contributed by atoms with Crippen molar-refractivity contribution >= 4 is 17.7 Å². The molecule has 1 saturated heterocycles. The summed E-state index contributed by atoms with van der Waals surface area (Å²) in [5, 5.41) is 9.61. The number of aromatic nitrogens is 3. The van der Waals surface area contributed by atoms with Crippen LogP contribution in [0.3, 0.4) is 0 Å². The summed E-state index contributed by atoms with van der Waals surface area (Å²) in [5.74, 6) is -1.74. The number of piperazine rings is 1. The molecule has 1 amide bonds. The number of hydrogen-bond acceptors (Lipinski definition) is 6. The Morgan fingerprint density at radius 1 is 1.10 bits per heavy atom. The molecule has 1 aliphatic rings. The molecule has 3 heterocycles. The molecule has 2 aromatic heterocycles. The molecule has 31 heavy (non-hydrogen) atoms. The highest BCUT2D eigenvalue weighted by Gasteiger charge is 2.24. The lowest BCUT2D eigenvalue weighted by Crippen LogP contribution is -2.48. The van der Waals surface area contributed by atoms with Crippen LogP contribution < -0.4 is 10.3 Å². The summed E-state index contributed by atoms with van der Waals surface area (Å²) < 4.78 is 8.23. The number of carbonyl (C=O) groups is 2. The van der Waals surface area contributed by atoms with Gasteiger partial charge in [0.05, 0.1) is 0 Å². The smallest absolute Gasteiger partial charge is 0.358 e. The van der Waals surface area contributed by atoms with E-state index in [1.165, 1.54) is 15.2 Å². The molecule has 0 bridgehead atoms. The largest absolute Gasteiger partial charge is 0.481 e. The quantitative estimate of drug-likeness (QED) is 0.614. The molecule has 162 valence electrons. The fourth-order valence-corrected chi connectivity index (χ4v) is 3.49. The predicted molar refractivity (Wildman–Crippen MR) is 111 cm³/mol. The number of hydrogen-bond donors (Lipinski definition) is 1. The Hall–Kier alpha value is -3.66. The highest BCUT2D eigenvalue weighted by Crippen LogP contribution is 2.16. The molecule has 0 unspecified atom stereocenters. The minimum absolute atomic E-state index is 0.0318. The lowest BCUT2D eigenvalue weighted by molar-refractivity contribution is -0.133. The Morgan fingerprint density at radius 2 is 1.81 bits per heavy atom. The third kappa shape index (κ3) is 4.29. The zero-order valence-electron chi connectivity index (χ0n) is 17.1. The number of benzene rings is 1. The maximum Gasteiger partial charge on any atom is 0.358 e. The van der Waals surface area contributed by atoms with E-state index in [0.717, 1.165) is 18.7 Å². The summed E-state index contributed by atoms with van der Waals surface area (Å²) in [6.45, 7) is 2.84. The van der Waals surface area contributed by atoms with Gasteiger partial charge in [0.25, 0.3) is 0 Å². The fourth-order valence-electron chi connectivity index (χ4n) is 3.49. The van der Waals surface area contributed by atoms with Crippen molar-refractivity contribution < 1.29 is 19.4 Å². The molecule has 3 aromatic rings. The number of aromatic carboxylic acids is 1. The molecule has 0 spiro atoms. The summed E-state index contributed by atoms with van der Waals surface area (Å²) >= 11 is 0. The van der Waals surface area contributed by atoms with E-state index in [4.69, 9.17) is 4.74 Å². The van der Waals surface area contributed by atoms with Gasteiger partial charge in [-0.1, -0.05) is 30.3 Å². The zero-order chi connectivity index (χ0) is 22.0. The van der Waals surface area contributed by atoms with Crippen molar-refractivity contribution in [2.45, 2.75) is 13.2 Å².